The summed E-state index contributed by atoms with van der Waals surface area (Å²) >= 11 is 0. The van der Waals surface area contributed by atoms with E-state index in [9.17, 15) is 13.2 Å². The Bertz CT molecular complexity index is 866. The molecule has 2 N–H and O–H groups in total. The predicted octanol–water partition coefficient (Wildman–Crippen LogP) is 3.68. The molecule has 6 nitrogen and oxygen atoms in total. The first kappa shape index (κ1) is 23.1. The zero-order chi connectivity index (χ0) is 22.4. The van der Waals surface area contributed by atoms with E-state index in [2.05, 4.69) is 25.7 Å². The van der Waals surface area contributed by atoms with Crippen molar-refractivity contribution in [3.05, 3.63) is 52.4 Å². The summed E-state index contributed by atoms with van der Waals surface area (Å²) in [6, 6.07) is 5.87. The van der Waals surface area contributed by atoms with Crippen molar-refractivity contribution < 1.29 is 17.7 Å². The van der Waals surface area contributed by atoms with Crippen LogP contribution in [0.4, 0.5) is 13.2 Å². The average molecular weight is 438 g/mol. The van der Waals surface area contributed by atoms with Crippen LogP contribution in [0.15, 0.2) is 33.8 Å². The van der Waals surface area contributed by atoms with E-state index < -0.39 is 11.7 Å². The molecule has 0 unspecified atom stereocenters. The minimum atomic E-state index is -4.30. The van der Waals surface area contributed by atoms with E-state index in [1.807, 2.05) is 13.8 Å². The molecule has 31 heavy (non-hydrogen) atoms. The number of hydrogen-bond donors (Lipinski definition) is 2. The highest BCUT2D eigenvalue weighted by molar-refractivity contribution is 5.79. The molecule has 1 saturated heterocycles. The summed E-state index contributed by atoms with van der Waals surface area (Å²) in [5.41, 5.74) is 2.13. The van der Waals surface area contributed by atoms with Crippen LogP contribution in [0, 0.1) is 13.8 Å². The highest BCUT2D eigenvalue weighted by Crippen LogP contribution is 2.30. The van der Waals surface area contributed by atoms with Crippen molar-refractivity contribution in [1.82, 2.24) is 20.7 Å². The smallest absolute Gasteiger partial charge is 0.361 e. The lowest BCUT2D eigenvalue weighted by molar-refractivity contribution is -0.137. The Morgan fingerprint density at radius 1 is 1.26 bits per heavy atom. The summed E-state index contributed by atoms with van der Waals surface area (Å²) < 4.78 is 43.9. The molecule has 0 spiro atoms. The molecule has 0 radical (unpaired) electrons. The highest BCUT2D eigenvalue weighted by Gasteiger charge is 2.30. The Kier molecular flexibility index (Phi) is 7.59. The Balaban J connectivity index is 1.43. The summed E-state index contributed by atoms with van der Waals surface area (Å²) in [4.78, 5) is 6.50. The molecule has 0 saturated carbocycles. The fourth-order valence-corrected chi connectivity index (χ4v) is 3.89. The molecule has 2 aromatic rings. The number of guanidine groups is 1. The van der Waals surface area contributed by atoms with Crippen molar-refractivity contribution in [3.63, 3.8) is 0 Å². The third-order valence-corrected chi connectivity index (χ3v) is 5.66. The van der Waals surface area contributed by atoms with Crippen LogP contribution in [0.3, 0.4) is 0 Å². The lowest BCUT2D eigenvalue weighted by Crippen LogP contribution is -2.48. The van der Waals surface area contributed by atoms with Gasteiger partial charge in [-0.2, -0.15) is 13.2 Å². The summed E-state index contributed by atoms with van der Waals surface area (Å²) in [5.74, 6) is 1.60. The largest absolute Gasteiger partial charge is 0.416 e. The maximum Gasteiger partial charge on any atom is 0.416 e. The number of rotatable bonds is 6. The van der Waals surface area contributed by atoms with Crippen molar-refractivity contribution in [2.24, 2.45) is 4.99 Å². The third kappa shape index (κ3) is 6.46. The van der Waals surface area contributed by atoms with Gasteiger partial charge < -0.3 is 15.2 Å². The van der Waals surface area contributed by atoms with Gasteiger partial charge in [0.2, 0.25) is 0 Å². The molecule has 9 heteroatoms. The second-order valence-electron chi connectivity index (χ2n) is 7.94. The molecule has 1 aliphatic heterocycles. The van der Waals surface area contributed by atoms with Gasteiger partial charge in [-0.05, 0) is 44.7 Å². The molecule has 2 heterocycles. The average Bonchev–Trinajstić information content (AvgIpc) is 3.06. The van der Waals surface area contributed by atoms with E-state index in [1.165, 1.54) is 12.1 Å². The first-order chi connectivity index (χ1) is 14.8. The molecule has 1 aromatic carbocycles. The van der Waals surface area contributed by atoms with E-state index in [0.717, 1.165) is 67.9 Å². The molecule has 1 aromatic heterocycles. The van der Waals surface area contributed by atoms with Gasteiger partial charge in [0.1, 0.15) is 5.76 Å². The number of hydrogen-bond acceptors (Lipinski definition) is 4. The summed E-state index contributed by atoms with van der Waals surface area (Å²) in [6.07, 6.45) is -1.69. The summed E-state index contributed by atoms with van der Waals surface area (Å²) in [6.45, 7) is 6.74. The first-order valence-corrected chi connectivity index (χ1v) is 10.5. The Hall–Kier alpha value is -2.55. The summed E-state index contributed by atoms with van der Waals surface area (Å²) in [5, 5.41) is 10.8. The third-order valence-electron chi connectivity index (χ3n) is 5.66. The van der Waals surface area contributed by atoms with Crippen LogP contribution < -0.4 is 10.6 Å². The maximum atomic E-state index is 12.9. The normalized spacial score (nSPS) is 16.5. The molecule has 170 valence electrons. The van der Waals surface area contributed by atoms with Gasteiger partial charge in [0.25, 0.3) is 0 Å². The van der Waals surface area contributed by atoms with E-state index in [4.69, 9.17) is 4.52 Å². The van der Waals surface area contributed by atoms with Gasteiger partial charge >= 0.3 is 6.18 Å². The molecular formula is C22H30F3N5O. The van der Waals surface area contributed by atoms with Crippen LogP contribution in [-0.2, 0) is 19.1 Å². The van der Waals surface area contributed by atoms with E-state index in [-0.39, 0.29) is 6.04 Å². The van der Waals surface area contributed by atoms with Gasteiger partial charge in [0.05, 0.1) is 11.3 Å². The van der Waals surface area contributed by atoms with Gasteiger partial charge in [-0.25, -0.2) is 0 Å². The van der Waals surface area contributed by atoms with Crippen molar-refractivity contribution >= 4 is 5.96 Å². The first-order valence-electron chi connectivity index (χ1n) is 10.5. The predicted molar refractivity (Wildman–Crippen MR) is 114 cm³/mol. The SMILES string of the molecule is CN=C(NCCc1c(C)noc1C)NC1CCN(Cc2cccc(C(F)(F)F)c2)CC1. The van der Waals surface area contributed by atoms with Gasteiger partial charge in [-0.3, -0.25) is 9.89 Å². The Morgan fingerprint density at radius 2 is 2.00 bits per heavy atom. The van der Waals surface area contributed by atoms with Crippen molar-refractivity contribution in [2.45, 2.75) is 51.9 Å². The van der Waals surface area contributed by atoms with E-state index >= 15 is 0 Å². The minimum Gasteiger partial charge on any atom is -0.361 e. The Labute approximate surface area is 180 Å². The number of nitrogens with zero attached hydrogens (tertiary/aromatic N) is 3. The number of aromatic nitrogens is 1. The van der Waals surface area contributed by atoms with Crippen molar-refractivity contribution in [2.75, 3.05) is 26.7 Å². The van der Waals surface area contributed by atoms with Crippen LogP contribution in [0.2, 0.25) is 0 Å². The van der Waals surface area contributed by atoms with E-state index in [0.29, 0.717) is 12.1 Å². The topological polar surface area (TPSA) is 65.7 Å². The second-order valence-corrected chi connectivity index (χ2v) is 7.94. The molecule has 0 amide bonds. The number of likely N-dealkylation sites (tertiary alicyclic amines) is 1. The second kappa shape index (κ2) is 10.2. The number of halogens is 3. The molecule has 1 fully saturated rings. The zero-order valence-corrected chi connectivity index (χ0v) is 18.2. The number of benzene rings is 1. The molecule has 3 rings (SSSR count). The van der Waals surface area contributed by atoms with E-state index in [1.54, 1.807) is 13.1 Å². The Morgan fingerprint density at radius 3 is 2.61 bits per heavy atom. The quantitative estimate of drug-likeness (QED) is 0.533. The van der Waals surface area contributed by atoms with Crippen LogP contribution >= 0.6 is 0 Å². The number of nitrogens with one attached hydrogen (secondary N) is 2. The summed E-state index contributed by atoms with van der Waals surface area (Å²) in [7, 11) is 1.74. The minimum absolute atomic E-state index is 0.281. The van der Waals surface area contributed by atoms with Crippen molar-refractivity contribution in [3.8, 4) is 0 Å². The number of aryl methyl sites for hydroxylation is 2. The monoisotopic (exact) mass is 437 g/mol. The van der Waals surface area contributed by atoms with Gasteiger partial charge in [0.15, 0.2) is 5.96 Å². The standard InChI is InChI=1S/C22H30F3N5O/c1-15-20(16(2)31-29-15)7-10-27-21(26-3)28-19-8-11-30(12-9-19)14-17-5-4-6-18(13-17)22(23,24)25/h4-6,13,19H,7-12,14H2,1-3H3,(H2,26,27,28). The van der Waals surface area contributed by atoms with Crippen LogP contribution in [0.25, 0.3) is 0 Å². The molecule has 0 aliphatic carbocycles. The fraction of sp³-hybridized carbons (Fsp3) is 0.545. The molecular weight excluding hydrogens is 407 g/mol. The lowest BCUT2D eigenvalue weighted by atomic mass is 10.0. The van der Waals surface area contributed by atoms with Crippen molar-refractivity contribution in [1.29, 1.82) is 0 Å². The van der Waals surface area contributed by atoms with Gasteiger partial charge in [0, 0.05) is 44.8 Å². The number of piperidine rings is 1. The van der Waals surface area contributed by atoms with Crippen LogP contribution in [0.1, 0.15) is 41.0 Å². The van der Waals surface area contributed by atoms with Crippen LogP contribution in [-0.4, -0.2) is 48.7 Å². The molecule has 0 bridgehead atoms. The molecule has 0 atom stereocenters. The molecule has 1 aliphatic rings. The zero-order valence-electron chi connectivity index (χ0n) is 18.2. The van der Waals surface area contributed by atoms with Gasteiger partial charge in [-0.1, -0.05) is 23.4 Å². The fourth-order valence-electron chi connectivity index (χ4n) is 3.89. The highest BCUT2D eigenvalue weighted by atomic mass is 19.4. The number of alkyl halides is 3. The number of aliphatic imine (C=N–C) groups is 1. The lowest BCUT2D eigenvalue weighted by Gasteiger charge is -2.33. The van der Waals surface area contributed by atoms with Crippen LogP contribution in [0.5, 0.6) is 0 Å². The van der Waals surface area contributed by atoms with Gasteiger partial charge in [-0.15, -0.1) is 0 Å². The maximum absolute atomic E-state index is 12.9.